The molecule has 0 fully saturated rings. The van der Waals surface area contributed by atoms with Crippen molar-refractivity contribution in [1.82, 2.24) is 0 Å². The molecule has 1 aliphatic carbocycles. The van der Waals surface area contributed by atoms with Crippen molar-refractivity contribution in [2.24, 2.45) is 0 Å². The van der Waals surface area contributed by atoms with Crippen LogP contribution in [0.3, 0.4) is 0 Å². The molecule has 94 valence electrons. The first kappa shape index (κ1) is 12.5. The molecule has 17 heavy (non-hydrogen) atoms. The van der Waals surface area contributed by atoms with Crippen LogP contribution >= 0.6 is 0 Å². The van der Waals surface area contributed by atoms with E-state index in [1.807, 2.05) is 0 Å². The van der Waals surface area contributed by atoms with Crippen molar-refractivity contribution in [3.05, 3.63) is 29.3 Å². The van der Waals surface area contributed by atoms with E-state index in [0.29, 0.717) is 0 Å². The Morgan fingerprint density at radius 2 is 1.18 bits per heavy atom. The highest BCUT2D eigenvalue weighted by atomic mass is 14.5. The van der Waals surface area contributed by atoms with Crippen LogP contribution in [0.2, 0.25) is 0 Å². The van der Waals surface area contributed by atoms with Crippen molar-refractivity contribution >= 4 is 5.69 Å². The molecule has 1 aromatic rings. The number of aryl methyl sites for hydroxylation is 2. The zero-order valence-corrected chi connectivity index (χ0v) is 10.9. The molecule has 2 rings (SSSR count). The number of anilines is 1. The molecule has 0 amide bonds. The Morgan fingerprint density at radius 1 is 0.647 bits per heavy atom. The summed E-state index contributed by atoms with van der Waals surface area (Å²) < 4.78 is 0. The summed E-state index contributed by atoms with van der Waals surface area (Å²) in [5, 5.41) is 0. The lowest BCUT2D eigenvalue weighted by molar-refractivity contribution is 0.560. The summed E-state index contributed by atoms with van der Waals surface area (Å²) in [4.78, 5) is 0. The Labute approximate surface area is 105 Å². The number of nitrogens with two attached hydrogens (primary N) is 1. The fourth-order valence-electron chi connectivity index (χ4n) is 2.81. The molecule has 2 N–H and O–H groups in total. The lowest BCUT2D eigenvalue weighted by Gasteiger charge is -2.12. The minimum Gasteiger partial charge on any atom is -0.399 e. The average molecular weight is 231 g/mol. The van der Waals surface area contributed by atoms with E-state index in [1.54, 1.807) is 5.56 Å². The summed E-state index contributed by atoms with van der Waals surface area (Å²) in [6, 6.07) is 6.50. The number of hydrogen-bond donors (Lipinski definition) is 1. The van der Waals surface area contributed by atoms with Gasteiger partial charge in [-0.25, -0.2) is 0 Å². The van der Waals surface area contributed by atoms with E-state index in [9.17, 15) is 0 Å². The highest BCUT2D eigenvalue weighted by Gasteiger charge is 2.05. The number of rotatable bonds is 0. The van der Waals surface area contributed by atoms with E-state index in [0.717, 1.165) is 5.69 Å². The molecule has 0 spiro atoms. The Bertz CT molecular complexity index is 343. The Morgan fingerprint density at radius 3 is 1.82 bits per heavy atom. The standard InChI is InChI=1S/C16H25N/c17-16-12-11-14-9-7-5-3-1-2-4-6-8-10-15(14)13-16/h11-13H,1-10,17H2. The van der Waals surface area contributed by atoms with Gasteiger partial charge in [-0.05, 0) is 48.9 Å². The van der Waals surface area contributed by atoms with Crippen LogP contribution in [-0.2, 0) is 12.8 Å². The van der Waals surface area contributed by atoms with Gasteiger partial charge in [0.05, 0.1) is 0 Å². The van der Waals surface area contributed by atoms with Gasteiger partial charge in [-0.1, -0.05) is 44.6 Å². The summed E-state index contributed by atoms with van der Waals surface area (Å²) in [5.74, 6) is 0. The van der Waals surface area contributed by atoms with Gasteiger partial charge in [-0.15, -0.1) is 0 Å². The zero-order valence-electron chi connectivity index (χ0n) is 10.9. The van der Waals surface area contributed by atoms with Gasteiger partial charge >= 0.3 is 0 Å². The largest absolute Gasteiger partial charge is 0.399 e. The molecule has 0 aliphatic heterocycles. The molecule has 0 atom stereocenters. The summed E-state index contributed by atoms with van der Waals surface area (Å²) in [7, 11) is 0. The average Bonchev–Trinajstić information content (AvgIpc) is 2.31. The van der Waals surface area contributed by atoms with Crippen LogP contribution in [0, 0.1) is 0 Å². The molecule has 0 radical (unpaired) electrons. The van der Waals surface area contributed by atoms with Crippen molar-refractivity contribution in [1.29, 1.82) is 0 Å². The van der Waals surface area contributed by atoms with Gasteiger partial charge in [0.15, 0.2) is 0 Å². The van der Waals surface area contributed by atoms with Crippen LogP contribution in [0.5, 0.6) is 0 Å². The molecule has 0 aromatic heterocycles. The summed E-state index contributed by atoms with van der Waals surface area (Å²) >= 11 is 0. The maximum atomic E-state index is 5.90. The summed E-state index contributed by atoms with van der Waals surface area (Å²) in [6.07, 6.45) is 13.6. The minimum atomic E-state index is 0.927. The van der Waals surface area contributed by atoms with Crippen molar-refractivity contribution in [3.8, 4) is 0 Å². The molecule has 0 bridgehead atoms. The quantitative estimate of drug-likeness (QED) is 0.654. The van der Waals surface area contributed by atoms with E-state index in [-0.39, 0.29) is 0 Å². The number of fused-ring (bicyclic) bond motifs is 1. The topological polar surface area (TPSA) is 26.0 Å². The predicted molar refractivity (Wildman–Crippen MR) is 75.2 cm³/mol. The van der Waals surface area contributed by atoms with Crippen LogP contribution in [0.15, 0.2) is 18.2 Å². The van der Waals surface area contributed by atoms with E-state index >= 15 is 0 Å². The van der Waals surface area contributed by atoms with Crippen molar-refractivity contribution in [2.75, 3.05) is 5.73 Å². The second-order valence-corrected chi connectivity index (χ2v) is 5.36. The number of benzene rings is 1. The van der Waals surface area contributed by atoms with Gasteiger partial charge in [0.2, 0.25) is 0 Å². The first-order valence-electron chi connectivity index (χ1n) is 7.23. The number of nitrogen functional groups attached to an aromatic ring is 1. The maximum Gasteiger partial charge on any atom is 0.0316 e. The molecule has 0 heterocycles. The van der Waals surface area contributed by atoms with Crippen molar-refractivity contribution in [3.63, 3.8) is 0 Å². The molecule has 0 unspecified atom stereocenters. The third kappa shape index (κ3) is 4.07. The molecule has 1 aliphatic rings. The molecule has 1 nitrogen and oxygen atoms in total. The Hall–Kier alpha value is -0.980. The second-order valence-electron chi connectivity index (χ2n) is 5.36. The summed E-state index contributed by atoms with van der Waals surface area (Å²) in [5.41, 5.74) is 9.87. The zero-order chi connectivity index (χ0) is 11.9. The first-order valence-corrected chi connectivity index (χ1v) is 7.23. The van der Waals surface area contributed by atoms with Crippen LogP contribution in [0.25, 0.3) is 0 Å². The maximum absolute atomic E-state index is 5.90. The van der Waals surface area contributed by atoms with Gasteiger partial charge in [-0.2, -0.15) is 0 Å². The fourth-order valence-corrected chi connectivity index (χ4v) is 2.81. The third-order valence-corrected chi connectivity index (χ3v) is 3.87. The summed E-state index contributed by atoms with van der Waals surface area (Å²) in [6.45, 7) is 0. The van der Waals surface area contributed by atoms with Crippen LogP contribution in [-0.4, -0.2) is 0 Å². The monoisotopic (exact) mass is 231 g/mol. The highest BCUT2D eigenvalue weighted by molar-refractivity contribution is 5.45. The van der Waals surface area contributed by atoms with E-state index in [4.69, 9.17) is 5.73 Å². The lowest BCUT2D eigenvalue weighted by Crippen LogP contribution is -1.98. The Balaban J connectivity index is 2.05. The van der Waals surface area contributed by atoms with Gasteiger partial charge in [-0.3, -0.25) is 0 Å². The second kappa shape index (κ2) is 6.68. The third-order valence-electron chi connectivity index (χ3n) is 3.87. The molecule has 1 heteroatoms. The first-order chi connectivity index (χ1) is 8.36. The highest BCUT2D eigenvalue weighted by Crippen LogP contribution is 2.21. The van der Waals surface area contributed by atoms with Gasteiger partial charge in [0.1, 0.15) is 0 Å². The van der Waals surface area contributed by atoms with Gasteiger partial charge in [0.25, 0.3) is 0 Å². The number of hydrogen-bond acceptors (Lipinski definition) is 1. The molecular formula is C16H25N. The molecule has 0 saturated heterocycles. The van der Waals surface area contributed by atoms with Gasteiger partial charge < -0.3 is 5.73 Å². The van der Waals surface area contributed by atoms with Gasteiger partial charge in [0, 0.05) is 5.69 Å². The molecule has 1 aromatic carbocycles. The smallest absolute Gasteiger partial charge is 0.0316 e. The minimum absolute atomic E-state index is 0.927. The van der Waals surface area contributed by atoms with Crippen molar-refractivity contribution < 1.29 is 0 Å². The van der Waals surface area contributed by atoms with Crippen LogP contribution in [0.1, 0.15) is 62.5 Å². The van der Waals surface area contributed by atoms with Crippen LogP contribution in [0.4, 0.5) is 5.69 Å². The molecular weight excluding hydrogens is 206 g/mol. The van der Waals surface area contributed by atoms with Crippen molar-refractivity contribution in [2.45, 2.75) is 64.2 Å². The van der Waals surface area contributed by atoms with Crippen LogP contribution < -0.4 is 5.73 Å². The van der Waals surface area contributed by atoms with E-state index in [1.165, 1.54) is 69.8 Å². The SMILES string of the molecule is Nc1ccc2c(c1)CCCCCCCCCC2. The van der Waals surface area contributed by atoms with E-state index < -0.39 is 0 Å². The molecule has 0 saturated carbocycles. The fraction of sp³-hybridized carbons (Fsp3) is 0.625. The van der Waals surface area contributed by atoms with E-state index in [2.05, 4.69) is 18.2 Å². The lowest BCUT2D eigenvalue weighted by atomic mass is 9.94. The Kier molecular flexibility index (Phi) is 4.90. The normalized spacial score (nSPS) is 18.8. The predicted octanol–water partition coefficient (Wildman–Crippen LogP) is 4.49.